The van der Waals surface area contributed by atoms with E-state index in [-0.39, 0.29) is 29.0 Å². The molecule has 0 heterocycles. The summed E-state index contributed by atoms with van der Waals surface area (Å²) in [6.07, 6.45) is 1.75. The number of halogens is 1. The third-order valence-electron chi connectivity index (χ3n) is 3.13. The van der Waals surface area contributed by atoms with Crippen LogP contribution in [0.25, 0.3) is 0 Å². The van der Waals surface area contributed by atoms with Gasteiger partial charge < -0.3 is 10.1 Å². The number of ether oxygens (including phenoxy) is 1. The summed E-state index contributed by atoms with van der Waals surface area (Å²) in [4.78, 5) is 11.7. The molecule has 1 unspecified atom stereocenters. The van der Waals surface area contributed by atoms with Crippen molar-refractivity contribution < 1.29 is 17.9 Å². The van der Waals surface area contributed by atoms with Crippen molar-refractivity contribution in [1.29, 1.82) is 0 Å². The number of hydrogen-bond donors (Lipinski definition) is 1. The van der Waals surface area contributed by atoms with Gasteiger partial charge in [-0.1, -0.05) is 26.3 Å². The van der Waals surface area contributed by atoms with Gasteiger partial charge in [0.25, 0.3) is 9.05 Å². The summed E-state index contributed by atoms with van der Waals surface area (Å²) in [5.74, 6) is 0.0619. The van der Waals surface area contributed by atoms with Gasteiger partial charge in [0.05, 0.1) is 7.11 Å². The summed E-state index contributed by atoms with van der Waals surface area (Å²) in [5.41, 5.74) is 0.645. The van der Waals surface area contributed by atoms with E-state index < -0.39 is 9.05 Å². The Hall–Kier alpha value is -1.27. The Kier molecular flexibility index (Phi) is 6.48. The molecule has 1 amide bonds. The molecule has 0 aliphatic rings. The molecule has 1 aromatic carbocycles. The third-order valence-corrected chi connectivity index (χ3v) is 4.47. The summed E-state index contributed by atoms with van der Waals surface area (Å²) < 4.78 is 28.0. The molecule has 0 aromatic heterocycles. The molecule has 0 aliphatic heterocycles. The van der Waals surface area contributed by atoms with Crippen molar-refractivity contribution in [2.45, 2.75) is 38.1 Å². The molecule has 21 heavy (non-hydrogen) atoms. The van der Waals surface area contributed by atoms with Crippen LogP contribution in [0, 0.1) is 5.92 Å². The second-order valence-corrected chi connectivity index (χ2v) is 7.36. The van der Waals surface area contributed by atoms with Crippen molar-refractivity contribution in [2.75, 3.05) is 7.11 Å². The second-order valence-electron chi connectivity index (χ2n) is 4.83. The normalized spacial score (nSPS) is 12.8. The molecule has 1 atom stereocenters. The lowest BCUT2D eigenvalue weighted by Crippen LogP contribution is -2.28. The van der Waals surface area contributed by atoms with Gasteiger partial charge in [0.15, 0.2) is 0 Å². The van der Waals surface area contributed by atoms with Gasteiger partial charge in [-0.15, -0.1) is 0 Å². The minimum atomic E-state index is -3.90. The fraction of sp³-hybridized carbons (Fsp3) is 0.500. The van der Waals surface area contributed by atoms with Gasteiger partial charge in [-0.05, 0) is 24.1 Å². The first-order valence-corrected chi connectivity index (χ1v) is 8.99. The Morgan fingerprint density at radius 2 is 2.10 bits per heavy atom. The van der Waals surface area contributed by atoms with Gasteiger partial charge in [-0.3, -0.25) is 4.79 Å². The van der Waals surface area contributed by atoms with Crippen molar-refractivity contribution in [2.24, 2.45) is 5.92 Å². The predicted molar refractivity (Wildman–Crippen MR) is 82.0 cm³/mol. The molecule has 1 N–H and O–H groups in total. The Bertz CT molecular complexity index is 601. The molecular weight excluding hydrogens is 314 g/mol. The van der Waals surface area contributed by atoms with E-state index >= 15 is 0 Å². The maximum atomic E-state index is 11.8. The molecule has 5 nitrogen and oxygen atoms in total. The first-order chi connectivity index (χ1) is 9.79. The van der Waals surface area contributed by atoms with Crippen LogP contribution in [0.1, 0.15) is 32.3 Å². The average molecular weight is 334 g/mol. The van der Waals surface area contributed by atoms with Crippen LogP contribution in [-0.2, 0) is 20.4 Å². The molecule has 0 fully saturated rings. The number of amides is 1. The largest absolute Gasteiger partial charge is 0.495 e. The lowest BCUT2D eigenvalue weighted by molar-refractivity contribution is -0.124. The van der Waals surface area contributed by atoms with E-state index in [1.54, 1.807) is 6.07 Å². The Balaban J connectivity index is 2.84. The van der Waals surface area contributed by atoms with Crippen LogP contribution in [0.2, 0.25) is 0 Å². The lowest BCUT2D eigenvalue weighted by Gasteiger charge is -2.12. The minimum absolute atomic E-state index is 0.0528. The lowest BCUT2D eigenvalue weighted by atomic mass is 10.1. The number of benzene rings is 1. The molecule has 118 valence electrons. The predicted octanol–water partition coefficient (Wildman–Crippen LogP) is 2.68. The van der Waals surface area contributed by atoms with Crippen LogP contribution < -0.4 is 10.1 Å². The van der Waals surface area contributed by atoms with E-state index in [1.165, 1.54) is 19.2 Å². The smallest absolute Gasteiger partial charge is 0.264 e. The quantitative estimate of drug-likeness (QED) is 0.779. The summed E-state index contributed by atoms with van der Waals surface area (Å²) in [5, 5.41) is 2.78. The summed E-state index contributed by atoms with van der Waals surface area (Å²) >= 11 is 0. The fourth-order valence-corrected chi connectivity index (χ4v) is 2.99. The zero-order valence-electron chi connectivity index (χ0n) is 12.3. The number of carbonyl (C=O) groups is 1. The van der Waals surface area contributed by atoms with E-state index in [0.29, 0.717) is 5.56 Å². The number of carbonyl (C=O) groups excluding carboxylic acids is 1. The van der Waals surface area contributed by atoms with Crippen LogP contribution in [0.3, 0.4) is 0 Å². The van der Waals surface area contributed by atoms with Crippen molar-refractivity contribution in [3.63, 3.8) is 0 Å². The first kappa shape index (κ1) is 17.8. The molecule has 1 aromatic rings. The highest BCUT2D eigenvalue weighted by molar-refractivity contribution is 8.13. The van der Waals surface area contributed by atoms with Gasteiger partial charge in [0, 0.05) is 23.1 Å². The SMILES string of the molecule is CCCC(C)C(=O)NCc1ccc(OC)c(S(=O)(=O)Cl)c1. The molecule has 7 heteroatoms. The van der Waals surface area contributed by atoms with Crippen molar-refractivity contribution >= 4 is 25.6 Å². The van der Waals surface area contributed by atoms with Crippen molar-refractivity contribution in [3.8, 4) is 5.75 Å². The average Bonchev–Trinajstić information content (AvgIpc) is 2.43. The molecule has 0 aliphatic carbocycles. The van der Waals surface area contributed by atoms with Crippen LogP contribution in [0.15, 0.2) is 23.1 Å². The zero-order chi connectivity index (χ0) is 16.0. The second kappa shape index (κ2) is 7.66. The minimum Gasteiger partial charge on any atom is -0.495 e. The Morgan fingerprint density at radius 3 is 2.62 bits per heavy atom. The van der Waals surface area contributed by atoms with Crippen molar-refractivity contribution in [3.05, 3.63) is 23.8 Å². The molecule has 0 saturated heterocycles. The molecule has 0 spiro atoms. The third kappa shape index (κ3) is 5.21. The Labute approximate surface area is 130 Å². The van der Waals surface area contributed by atoms with Gasteiger partial charge in [0.1, 0.15) is 10.6 Å². The topological polar surface area (TPSA) is 72.5 Å². The van der Waals surface area contributed by atoms with Crippen LogP contribution in [0.5, 0.6) is 5.75 Å². The molecule has 1 rings (SSSR count). The molecular formula is C14H20ClNO4S. The standard InChI is InChI=1S/C14H20ClNO4S/c1-4-5-10(2)14(17)16-9-11-6-7-12(20-3)13(8-11)21(15,18)19/h6-8,10H,4-5,9H2,1-3H3,(H,16,17). The van der Waals surface area contributed by atoms with Gasteiger partial charge >= 0.3 is 0 Å². The van der Waals surface area contributed by atoms with Gasteiger partial charge in [-0.25, -0.2) is 8.42 Å². The number of methoxy groups -OCH3 is 1. The van der Waals surface area contributed by atoms with E-state index in [1.807, 2.05) is 13.8 Å². The monoisotopic (exact) mass is 333 g/mol. The highest BCUT2D eigenvalue weighted by Gasteiger charge is 2.18. The van der Waals surface area contributed by atoms with E-state index in [9.17, 15) is 13.2 Å². The van der Waals surface area contributed by atoms with Crippen LogP contribution >= 0.6 is 10.7 Å². The molecule has 0 bridgehead atoms. The number of hydrogen-bond acceptors (Lipinski definition) is 4. The number of nitrogens with one attached hydrogen (secondary N) is 1. The maximum Gasteiger partial charge on any atom is 0.264 e. The summed E-state index contributed by atoms with van der Waals surface area (Å²) in [7, 11) is 2.85. The van der Waals surface area contributed by atoms with E-state index in [2.05, 4.69) is 5.32 Å². The Morgan fingerprint density at radius 1 is 1.43 bits per heavy atom. The number of rotatable bonds is 7. The van der Waals surface area contributed by atoms with E-state index in [0.717, 1.165) is 12.8 Å². The molecule has 0 saturated carbocycles. The van der Waals surface area contributed by atoms with E-state index in [4.69, 9.17) is 15.4 Å². The summed E-state index contributed by atoms with van der Waals surface area (Å²) in [6.45, 7) is 4.13. The van der Waals surface area contributed by atoms with Crippen LogP contribution in [-0.4, -0.2) is 21.4 Å². The summed E-state index contributed by atoms with van der Waals surface area (Å²) in [6, 6.07) is 4.62. The highest BCUT2D eigenvalue weighted by Crippen LogP contribution is 2.27. The van der Waals surface area contributed by atoms with Gasteiger partial charge in [0.2, 0.25) is 5.91 Å². The first-order valence-electron chi connectivity index (χ1n) is 6.68. The molecule has 0 radical (unpaired) electrons. The maximum absolute atomic E-state index is 11.8. The van der Waals surface area contributed by atoms with Crippen LogP contribution in [0.4, 0.5) is 0 Å². The fourth-order valence-electron chi connectivity index (χ4n) is 1.95. The highest BCUT2D eigenvalue weighted by atomic mass is 35.7. The van der Waals surface area contributed by atoms with Crippen molar-refractivity contribution in [1.82, 2.24) is 5.32 Å². The van der Waals surface area contributed by atoms with Gasteiger partial charge in [-0.2, -0.15) is 0 Å². The zero-order valence-corrected chi connectivity index (χ0v) is 13.9.